The van der Waals surface area contributed by atoms with Gasteiger partial charge in [-0.3, -0.25) is 4.99 Å². The van der Waals surface area contributed by atoms with Crippen molar-refractivity contribution in [1.29, 1.82) is 0 Å². The van der Waals surface area contributed by atoms with E-state index in [0.29, 0.717) is 35.5 Å². The number of alkyl halides is 2. The van der Waals surface area contributed by atoms with Gasteiger partial charge in [-0.05, 0) is 55.5 Å². The maximum Gasteiger partial charge on any atom is 0.278 e. The number of hydrogen-bond acceptors (Lipinski definition) is 3. The van der Waals surface area contributed by atoms with Crippen LogP contribution in [-0.2, 0) is 0 Å². The van der Waals surface area contributed by atoms with Gasteiger partial charge in [-0.2, -0.15) is 0 Å². The smallest absolute Gasteiger partial charge is 0.278 e. The molecule has 0 heterocycles. The average molecular weight is 265 g/mol. The van der Waals surface area contributed by atoms with Crippen LogP contribution in [0, 0.1) is 0 Å². The number of halogens is 2. The van der Waals surface area contributed by atoms with Gasteiger partial charge >= 0.3 is 0 Å². The topological polar surface area (TPSA) is 64.4 Å². The van der Waals surface area contributed by atoms with E-state index in [2.05, 4.69) is 4.99 Å². The van der Waals surface area contributed by atoms with Crippen LogP contribution in [0.1, 0.15) is 25.7 Å². The van der Waals surface area contributed by atoms with Gasteiger partial charge in [-0.1, -0.05) is 0 Å². The van der Waals surface area contributed by atoms with Crippen molar-refractivity contribution in [3.63, 3.8) is 0 Å². The maximum absolute atomic E-state index is 12.7. The molecule has 0 radical (unpaired) electrons. The summed E-state index contributed by atoms with van der Waals surface area (Å²) >= 11 is 0. The van der Waals surface area contributed by atoms with Crippen LogP contribution in [0.5, 0.6) is 0 Å². The van der Waals surface area contributed by atoms with Crippen molar-refractivity contribution in [2.45, 2.75) is 32.1 Å². The number of aliphatic imine (C=N–C) groups is 1. The van der Waals surface area contributed by atoms with Crippen molar-refractivity contribution in [3.8, 4) is 0 Å². The molecule has 0 aromatic heterocycles. The van der Waals surface area contributed by atoms with Crippen LogP contribution in [0.25, 0.3) is 0 Å². The van der Waals surface area contributed by atoms with Crippen LogP contribution < -0.4 is 11.5 Å². The molecule has 0 unspecified atom stereocenters. The average Bonchev–Trinajstić information content (AvgIpc) is 2.41. The lowest BCUT2D eigenvalue weighted by molar-refractivity contribution is 0.186. The van der Waals surface area contributed by atoms with Gasteiger partial charge in [-0.25, -0.2) is 8.78 Å². The molecule has 102 valence electrons. The third kappa shape index (κ3) is 3.30. The number of nitrogens with zero attached hydrogens (tertiary/aromatic N) is 1. The first-order chi connectivity index (χ1) is 9.08. The summed E-state index contributed by atoms with van der Waals surface area (Å²) in [6, 6.07) is 7.02. The third-order valence-corrected chi connectivity index (χ3v) is 3.18. The molecule has 1 aromatic carbocycles. The number of nitrogens with two attached hydrogens (primary N) is 2. The molecule has 0 saturated heterocycles. The summed E-state index contributed by atoms with van der Waals surface area (Å²) in [5, 5.41) is 0. The monoisotopic (exact) mass is 265 g/mol. The first kappa shape index (κ1) is 13.5. The Balaban J connectivity index is 2.34. The highest BCUT2D eigenvalue weighted by Gasteiger charge is 2.20. The highest BCUT2D eigenvalue weighted by molar-refractivity contribution is 6.02. The first-order valence-electron chi connectivity index (χ1n) is 6.28. The number of benzene rings is 1. The predicted octanol–water partition coefficient (Wildman–Crippen LogP) is 3.39. The van der Waals surface area contributed by atoms with Crippen molar-refractivity contribution < 1.29 is 8.78 Å². The fourth-order valence-corrected chi connectivity index (χ4v) is 2.16. The molecule has 1 aliphatic carbocycles. The lowest BCUT2D eigenvalue weighted by Crippen LogP contribution is -2.19. The summed E-state index contributed by atoms with van der Waals surface area (Å²) in [5.41, 5.74) is 13.3. The number of nitrogen functional groups attached to an aromatic ring is 1. The molecule has 0 spiro atoms. The Morgan fingerprint density at radius 1 is 1.11 bits per heavy atom. The van der Waals surface area contributed by atoms with Crippen LogP contribution in [0.3, 0.4) is 0 Å². The minimum atomic E-state index is -2.62. The largest absolute Gasteiger partial charge is 0.399 e. The zero-order valence-corrected chi connectivity index (χ0v) is 10.6. The van der Waals surface area contributed by atoms with Crippen LogP contribution in [-0.4, -0.2) is 12.1 Å². The second-order valence-electron chi connectivity index (χ2n) is 4.59. The van der Waals surface area contributed by atoms with Crippen LogP contribution in [0.2, 0.25) is 0 Å². The van der Waals surface area contributed by atoms with E-state index in [0.717, 1.165) is 12.8 Å². The van der Waals surface area contributed by atoms with Crippen molar-refractivity contribution in [2.24, 2.45) is 10.7 Å². The van der Waals surface area contributed by atoms with E-state index < -0.39 is 6.43 Å². The molecule has 19 heavy (non-hydrogen) atoms. The van der Waals surface area contributed by atoms with E-state index in [-0.39, 0.29) is 5.70 Å². The molecule has 0 amide bonds. The predicted molar refractivity (Wildman–Crippen MR) is 73.6 cm³/mol. The van der Waals surface area contributed by atoms with Crippen LogP contribution in [0.4, 0.5) is 20.2 Å². The molecule has 1 fully saturated rings. The van der Waals surface area contributed by atoms with Crippen molar-refractivity contribution in [1.82, 2.24) is 0 Å². The Labute approximate surface area is 111 Å². The summed E-state index contributed by atoms with van der Waals surface area (Å²) in [6.07, 6.45) is 0.471. The zero-order valence-electron chi connectivity index (χ0n) is 10.6. The zero-order chi connectivity index (χ0) is 13.8. The molecule has 5 heteroatoms. The van der Waals surface area contributed by atoms with Crippen LogP contribution >= 0.6 is 0 Å². The minimum Gasteiger partial charge on any atom is -0.399 e. The highest BCUT2D eigenvalue weighted by atomic mass is 19.3. The number of hydrogen-bond donors (Lipinski definition) is 2. The molecule has 1 saturated carbocycles. The number of anilines is 1. The quantitative estimate of drug-likeness (QED) is 0.805. The van der Waals surface area contributed by atoms with E-state index in [1.807, 2.05) is 0 Å². The minimum absolute atomic E-state index is 0.339. The fourth-order valence-electron chi connectivity index (χ4n) is 2.16. The summed E-state index contributed by atoms with van der Waals surface area (Å²) < 4.78 is 25.4. The molecule has 0 bridgehead atoms. The first-order valence-corrected chi connectivity index (χ1v) is 6.28. The van der Waals surface area contributed by atoms with Crippen LogP contribution in [0.15, 0.2) is 40.5 Å². The van der Waals surface area contributed by atoms with Gasteiger partial charge in [0.05, 0.1) is 11.4 Å². The second kappa shape index (κ2) is 5.82. The van der Waals surface area contributed by atoms with Gasteiger partial charge in [0.15, 0.2) is 0 Å². The molecular formula is C14H17F2N3. The van der Waals surface area contributed by atoms with E-state index >= 15 is 0 Å². The van der Waals surface area contributed by atoms with Gasteiger partial charge in [-0.15, -0.1) is 0 Å². The molecule has 0 atom stereocenters. The van der Waals surface area contributed by atoms with E-state index in [9.17, 15) is 8.78 Å². The van der Waals surface area contributed by atoms with E-state index in [4.69, 9.17) is 11.5 Å². The molecule has 0 aliphatic heterocycles. The van der Waals surface area contributed by atoms with Gasteiger partial charge in [0.25, 0.3) is 6.43 Å². The summed E-state index contributed by atoms with van der Waals surface area (Å²) in [6.45, 7) is 0. The highest BCUT2D eigenvalue weighted by Crippen LogP contribution is 2.27. The van der Waals surface area contributed by atoms with Gasteiger partial charge in [0, 0.05) is 11.4 Å². The summed E-state index contributed by atoms with van der Waals surface area (Å²) in [4.78, 5) is 4.43. The Kier molecular flexibility index (Phi) is 4.14. The summed E-state index contributed by atoms with van der Waals surface area (Å²) in [5.74, 6) is 0. The van der Waals surface area contributed by atoms with Gasteiger partial charge in [0.1, 0.15) is 0 Å². The lowest BCUT2D eigenvalue weighted by atomic mass is 9.91. The Morgan fingerprint density at radius 3 is 2.37 bits per heavy atom. The molecule has 3 nitrogen and oxygen atoms in total. The normalized spacial score (nSPS) is 20.9. The van der Waals surface area contributed by atoms with E-state index in [1.165, 1.54) is 0 Å². The van der Waals surface area contributed by atoms with Crippen molar-refractivity contribution >= 4 is 17.1 Å². The molecule has 4 N–H and O–H groups in total. The molecule has 2 rings (SSSR count). The molecule has 1 aromatic rings. The van der Waals surface area contributed by atoms with Crippen molar-refractivity contribution in [2.75, 3.05) is 5.73 Å². The summed E-state index contributed by atoms with van der Waals surface area (Å²) in [7, 11) is 0. The Morgan fingerprint density at radius 2 is 1.74 bits per heavy atom. The standard InChI is InChI=1S/C14H17F2N3/c15-14(16)13(18)11-3-1-2-4-12(11)19-10-7-5-9(17)6-8-10/h5-8,14H,1-4,17-18H2. The Bertz CT molecular complexity index is 504. The van der Waals surface area contributed by atoms with Crippen molar-refractivity contribution in [3.05, 3.63) is 35.5 Å². The van der Waals surface area contributed by atoms with Gasteiger partial charge < -0.3 is 11.5 Å². The molecular weight excluding hydrogens is 248 g/mol. The molecule has 1 aliphatic rings. The SMILES string of the molecule is NC(=C1CCCCC1=Nc1ccc(N)cc1)C(F)F. The third-order valence-electron chi connectivity index (χ3n) is 3.18. The lowest BCUT2D eigenvalue weighted by Gasteiger charge is -2.19. The Hall–Kier alpha value is -1.91. The van der Waals surface area contributed by atoms with E-state index in [1.54, 1.807) is 24.3 Å². The van der Waals surface area contributed by atoms with Gasteiger partial charge in [0.2, 0.25) is 0 Å². The fraction of sp³-hybridized carbons (Fsp3) is 0.357. The second-order valence-corrected chi connectivity index (χ2v) is 4.59. The maximum atomic E-state index is 12.7. The number of allylic oxidation sites excluding steroid dienone is 2. The number of rotatable bonds is 2.